The Labute approximate surface area is 159 Å². The van der Waals surface area contributed by atoms with Crippen molar-refractivity contribution in [3.05, 3.63) is 93.7 Å². The number of benzene rings is 2. The van der Waals surface area contributed by atoms with E-state index >= 15 is 0 Å². The van der Waals surface area contributed by atoms with Crippen molar-refractivity contribution in [3.8, 4) is 0 Å². The number of hydrogen-bond donors (Lipinski definition) is 0. The molecule has 0 spiro atoms. The Balaban J connectivity index is 2.29. The largest absolute Gasteiger partial charge is 0.263 e. The molecule has 3 aromatic rings. The molecule has 134 valence electrons. The summed E-state index contributed by atoms with van der Waals surface area (Å²) in [5, 5.41) is -1.17. The summed E-state index contributed by atoms with van der Waals surface area (Å²) in [5.41, 5.74) is -0.242. The minimum atomic E-state index is -4.16. The Morgan fingerprint density at radius 3 is 2.27 bits per heavy atom. The van der Waals surface area contributed by atoms with Gasteiger partial charge in [0.25, 0.3) is 0 Å². The molecule has 0 aliphatic heterocycles. The number of rotatable bonds is 4. The summed E-state index contributed by atoms with van der Waals surface area (Å²) in [7, 11) is -4.16. The van der Waals surface area contributed by atoms with E-state index in [1.165, 1.54) is 42.7 Å². The van der Waals surface area contributed by atoms with E-state index in [0.29, 0.717) is 5.02 Å². The van der Waals surface area contributed by atoms with Crippen LogP contribution in [0.15, 0.2) is 65.8 Å². The molecule has 0 aliphatic carbocycles. The number of pyridine rings is 1. The Morgan fingerprint density at radius 1 is 0.923 bits per heavy atom. The van der Waals surface area contributed by atoms with Gasteiger partial charge in [0.05, 0.1) is 9.92 Å². The molecule has 1 atom stereocenters. The molecule has 0 bridgehead atoms. The van der Waals surface area contributed by atoms with Crippen LogP contribution in [0, 0.1) is 11.6 Å². The number of halogens is 4. The molecule has 8 heteroatoms. The average molecular weight is 414 g/mol. The molecule has 3 rings (SSSR count). The van der Waals surface area contributed by atoms with Crippen molar-refractivity contribution < 1.29 is 17.2 Å². The van der Waals surface area contributed by atoms with Gasteiger partial charge in [-0.3, -0.25) is 4.98 Å². The third-order valence-electron chi connectivity index (χ3n) is 3.78. The van der Waals surface area contributed by atoms with Gasteiger partial charge in [0.2, 0.25) is 0 Å². The number of nitrogens with zero attached hydrogens (tertiary/aromatic N) is 1. The summed E-state index contributed by atoms with van der Waals surface area (Å²) in [6.45, 7) is 0. The van der Waals surface area contributed by atoms with Gasteiger partial charge < -0.3 is 0 Å². The fraction of sp³-hybridized carbons (Fsp3) is 0.0556. The molecular formula is C18H11Cl2F2NO2S. The van der Waals surface area contributed by atoms with Crippen LogP contribution in [-0.4, -0.2) is 13.4 Å². The SMILES string of the molecule is O=S(=O)(c1ccc(Cl)cc1)C(c1cc(F)ccc1F)c1ccncc1Cl. The van der Waals surface area contributed by atoms with Crippen LogP contribution in [0.1, 0.15) is 16.4 Å². The Kier molecular flexibility index (Phi) is 5.27. The summed E-state index contributed by atoms with van der Waals surface area (Å²) >= 11 is 11.9. The van der Waals surface area contributed by atoms with Crippen molar-refractivity contribution in [2.24, 2.45) is 0 Å². The first kappa shape index (κ1) is 18.8. The van der Waals surface area contributed by atoms with Gasteiger partial charge in [-0.2, -0.15) is 0 Å². The first-order valence-electron chi connectivity index (χ1n) is 7.34. The molecule has 3 nitrogen and oxygen atoms in total. The van der Waals surface area contributed by atoms with Crippen molar-refractivity contribution >= 4 is 33.0 Å². The van der Waals surface area contributed by atoms with Gasteiger partial charge in [-0.05, 0) is 54.1 Å². The van der Waals surface area contributed by atoms with Crippen LogP contribution in [0.5, 0.6) is 0 Å². The van der Waals surface area contributed by atoms with Gasteiger partial charge >= 0.3 is 0 Å². The summed E-state index contributed by atoms with van der Waals surface area (Å²) in [6, 6.07) is 9.43. The zero-order chi connectivity index (χ0) is 18.9. The lowest BCUT2D eigenvalue weighted by molar-refractivity contribution is 0.569. The Bertz CT molecular complexity index is 1060. The Morgan fingerprint density at radius 2 is 1.62 bits per heavy atom. The molecule has 0 amide bonds. The van der Waals surface area contributed by atoms with Gasteiger partial charge in [0.1, 0.15) is 16.9 Å². The van der Waals surface area contributed by atoms with E-state index in [4.69, 9.17) is 23.2 Å². The third-order valence-corrected chi connectivity index (χ3v) is 6.40. The van der Waals surface area contributed by atoms with Gasteiger partial charge in [-0.1, -0.05) is 23.2 Å². The highest BCUT2D eigenvalue weighted by molar-refractivity contribution is 7.92. The van der Waals surface area contributed by atoms with Crippen molar-refractivity contribution in [1.29, 1.82) is 0 Å². The zero-order valence-corrected chi connectivity index (χ0v) is 15.4. The highest BCUT2D eigenvalue weighted by Gasteiger charge is 2.34. The molecule has 1 aromatic heterocycles. The summed E-state index contributed by atoms with van der Waals surface area (Å²) in [5.74, 6) is -1.62. The molecule has 1 heterocycles. The van der Waals surface area contributed by atoms with E-state index in [-0.39, 0.29) is 21.0 Å². The standard InChI is InChI=1S/C18H11Cl2F2NO2S/c19-11-1-4-13(5-2-11)26(24,25)18(14-7-8-23-10-16(14)20)15-9-12(21)3-6-17(15)22/h1-10,18H. The van der Waals surface area contributed by atoms with Crippen LogP contribution in [-0.2, 0) is 9.84 Å². The third kappa shape index (κ3) is 3.58. The number of aromatic nitrogens is 1. The van der Waals surface area contributed by atoms with E-state index < -0.39 is 26.7 Å². The highest BCUT2D eigenvalue weighted by atomic mass is 35.5. The maximum Gasteiger partial charge on any atom is 0.189 e. The minimum Gasteiger partial charge on any atom is -0.263 e. The second-order valence-electron chi connectivity index (χ2n) is 5.44. The van der Waals surface area contributed by atoms with Crippen molar-refractivity contribution in [3.63, 3.8) is 0 Å². The lowest BCUT2D eigenvalue weighted by atomic mass is 10.0. The Hall–Kier alpha value is -2.02. The molecule has 1 unspecified atom stereocenters. The maximum absolute atomic E-state index is 14.4. The topological polar surface area (TPSA) is 47.0 Å². The van der Waals surface area contributed by atoms with Gasteiger partial charge in [-0.25, -0.2) is 17.2 Å². The fourth-order valence-corrected chi connectivity index (χ4v) is 4.84. The first-order chi connectivity index (χ1) is 12.3. The van der Waals surface area contributed by atoms with E-state index in [2.05, 4.69) is 4.98 Å². The van der Waals surface area contributed by atoms with Crippen LogP contribution in [0.2, 0.25) is 10.0 Å². The van der Waals surface area contributed by atoms with Crippen LogP contribution in [0.3, 0.4) is 0 Å². The molecule has 0 N–H and O–H groups in total. The highest BCUT2D eigenvalue weighted by Crippen LogP contribution is 2.39. The van der Waals surface area contributed by atoms with Crippen molar-refractivity contribution in [2.75, 3.05) is 0 Å². The van der Waals surface area contributed by atoms with E-state index in [1.54, 1.807) is 0 Å². The van der Waals surface area contributed by atoms with Gasteiger partial charge in [0.15, 0.2) is 9.84 Å². The second-order valence-corrected chi connectivity index (χ2v) is 8.32. The molecule has 0 saturated heterocycles. The van der Waals surface area contributed by atoms with E-state index in [0.717, 1.165) is 18.2 Å². The summed E-state index contributed by atoms with van der Waals surface area (Å²) < 4.78 is 54.7. The van der Waals surface area contributed by atoms with Gasteiger partial charge in [0, 0.05) is 23.0 Å². The van der Waals surface area contributed by atoms with Crippen LogP contribution >= 0.6 is 23.2 Å². The summed E-state index contributed by atoms with van der Waals surface area (Å²) in [4.78, 5) is 3.72. The van der Waals surface area contributed by atoms with Gasteiger partial charge in [-0.15, -0.1) is 0 Å². The van der Waals surface area contributed by atoms with E-state index in [9.17, 15) is 17.2 Å². The lowest BCUT2D eigenvalue weighted by Crippen LogP contribution is -2.17. The predicted octanol–water partition coefficient (Wildman–Crippen LogP) is 5.23. The van der Waals surface area contributed by atoms with Crippen LogP contribution < -0.4 is 0 Å². The molecule has 2 aromatic carbocycles. The second kappa shape index (κ2) is 7.31. The van der Waals surface area contributed by atoms with E-state index in [1.807, 2.05) is 0 Å². The molecular weight excluding hydrogens is 403 g/mol. The smallest absolute Gasteiger partial charge is 0.189 e. The number of hydrogen-bond acceptors (Lipinski definition) is 3. The quantitative estimate of drug-likeness (QED) is 0.588. The lowest BCUT2D eigenvalue weighted by Gasteiger charge is -2.20. The molecule has 0 fully saturated rings. The fourth-order valence-electron chi connectivity index (χ4n) is 2.58. The molecule has 0 saturated carbocycles. The van der Waals surface area contributed by atoms with Crippen molar-refractivity contribution in [1.82, 2.24) is 4.98 Å². The molecule has 26 heavy (non-hydrogen) atoms. The monoisotopic (exact) mass is 413 g/mol. The van der Waals surface area contributed by atoms with Crippen LogP contribution in [0.25, 0.3) is 0 Å². The normalized spacial score (nSPS) is 12.8. The van der Waals surface area contributed by atoms with Crippen LogP contribution in [0.4, 0.5) is 8.78 Å². The van der Waals surface area contributed by atoms with Crippen molar-refractivity contribution in [2.45, 2.75) is 10.1 Å². The average Bonchev–Trinajstić information content (AvgIpc) is 2.60. The molecule has 0 radical (unpaired) electrons. The first-order valence-corrected chi connectivity index (χ1v) is 9.65. The minimum absolute atomic E-state index is 0.0266. The predicted molar refractivity (Wildman–Crippen MR) is 96.1 cm³/mol. The molecule has 0 aliphatic rings. The number of sulfone groups is 1. The maximum atomic E-state index is 14.4. The zero-order valence-electron chi connectivity index (χ0n) is 13.0. The summed E-state index contributed by atoms with van der Waals surface area (Å²) in [6.07, 6.45) is 2.58.